The van der Waals surface area contributed by atoms with Gasteiger partial charge in [0.1, 0.15) is 11.5 Å². The number of hydrogen-bond acceptors (Lipinski definition) is 6. The van der Waals surface area contributed by atoms with Crippen LogP contribution in [-0.4, -0.2) is 45.2 Å². The number of carbonyl (C=O) groups is 3. The number of nitrogens with zero attached hydrogens (tertiary/aromatic N) is 1. The molecule has 31 heavy (non-hydrogen) atoms. The Balaban J connectivity index is 1.58. The third kappa shape index (κ3) is 5.27. The van der Waals surface area contributed by atoms with Gasteiger partial charge in [-0.3, -0.25) is 14.4 Å². The number of carbonyl (C=O) groups excluding carboxylic acids is 3. The summed E-state index contributed by atoms with van der Waals surface area (Å²) in [6.07, 6.45) is -0.0107. The molecule has 2 aromatic rings. The Morgan fingerprint density at radius 3 is 2.61 bits per heavy atom. The van der Waals surface area contributed by atoms with E-state index in [9.17, 15) is 14.4 Å². The van der Waals surface area contributed by atoms with Crippen LogP contribution in [0.3, 0.4) is 0 Å². The SMILES string of the molecule is COc1ccc(N2C[C@H](C(=O)OCC(=O)Nc3ccc(C)c(Cl)c3)CC2=O)c(OC)c1. The molecule has 3 rings (SSSR count). The van der Waals surface area contributed by atoms with Gasteiger partial charge in [0.2, 0.25) is 5.91 Å². The van der Waals surface area contributed by atoms with E-state index in [0.29, 0.717) is 27.9 Å². The lowest BCUT2D eigenvalue weighted by Gasteiger charge is -2.20. The zero-order valence-electron chi connectivity index (χ0n) is 17.4. The number of halogens is 1. The topological polar surface area (TPSA) is 94.2 Å². The monoisotopic (exact) mass is 446 g/mol. The molecule has 0 aliphatic carbocycles. The first-order valence-corrected chi connectivity index (χ1v) is 9.95. The smallest absolute Gasteiger partial charge is 0.311 e. The maximum atomic E-state index is 12.5. The summed E-state index contributed by atoms with van der Waals surface area (Å²) in [4.78, 5) is 38.5. The van der Waals surface area contributed by atoms with Crippen LogP contribution in [0.4, 0.5) is 11.4 Å². The Bertz CT molecular complexity index is 1010. The minimum Gasteiger partial charge on any atom is -0.497 e. The number of esters is 1. The molecule has 2 amide bonds. The summed E-state index contributed by atoms with van der Waals surface area (Å²) < 4.78 is 15.6. The van der Waals surface area contributed by atoms with Gasteiger partial charge in [-0.05, 0) is 36.8 Å². The maximum Gasteiger partial charge on any atom is 0.311 e. The predicted molar refractivity (Wildman–Crippen MR) is 116 cm³/mol. The summed E-state index contributed by atoms with van der Waals surface area (Å²) in [6, 6.07) is 10.2. The van der Waals surface area contributed by atoms with E-state index < -0.39 is 24.4 Å². The molecule has 0 aromatic heterocycles. The van der Waals surface area contributed by atoms with E-state index in [4.69, 9.17) is 25.8 Å². The van der Waals surface area contributed by atoms with Gasteiger partial charge in [0.05, 0.1) is 25.8 Å². The lowest BCUT2D eigenvalue weighted by atomic mass is 10.1. The highest BCUT2D eigenvalue weighted by molar-refractivity contribution is 6.31. The molecule has 0 saturated carbocycles. The van der Waals surface area contributed by atoms with Gasteiger partial charge in [0, 0.05) is 29.7 Å². The molecular formula is C22H23ClN2O6. The molecule has 1 aliphatic heterocycles. The number of nitrogens with one attached hydrogen (secondary N) is 1. The second kappa shape index (κ2) is 9.70. The summed E-state index contributed by atoms with van der Waals surface area (Å²) in [5.74, 6) is -0.973. The van der Waals surface area contributed by atoms with E-state index >= 15 is 0 Å². The van der Waals surface area contributed by atoms with Crippen LogP contribution < -0.4 is 19.7 Å². The molecule has 9 heteroatoms. The lowest BCUT2D eigenvalue weighted by Crippen LogP contribution is -2.28. The first kappa shape index (κ1) is 22.4. The van der Waals surface area contributed by atoms with Crippen molar-refractivity contribution < 1.29 is 28.6 Å². The molecule has 1 fully saturated rings. The van der Waals surface area contributed by atoms with Crippen molar-refractivity contribution in [3.8, 4) is 11.5 Å². The molecule has 1 N–H and O–H groups in total. The molecule has 0 bridgehead atoms. The fraction of sp³-hybridized carbons (Fsp3) is 0.318. The molecular weight excluding hydrogens is 424 g/mol. The van der Waals surface area contributed by atoms with Gasteiger partial charge in [-0.25, -0.2) is 0 Å². The number of methoxy groups -OCH3 is 2. The summed E-state index contributed by atoms with van der Waals surface area (Å²) >= 11 is 6.04. The van der Waals surface area contributed by atoms with Crippen LogP contribution in [-0.2, 0) is 19.1 Å². The largest absolute Gasteiger partial charge is 0.497 e. The number of rotatable bonds is 7. The summed E-state index contributed by atoms with van der Waals surface area (Å²) in [5, 5.41) is 3.14. The molecule has 1 aliphatic rings. The highest BCUT2D eigenvalue weighted by Crippen LogP contribution is 2.36. The van der Waals surface area contributed by atoms with Crippen molar-refractivity contribution in [2.24, 2.45) is 5.92 Å². The first-order chi connectivity index (χ1) is 14.8. The number of anilines is 2. The molecule has 2 aromatic carbocycles. The third-order valence-corrected chi connectivity index (χ3v) is 5.34. The number of benzene rings is 2. The molecule has 1 heterocycles. The van der Waals surface area contributed by atoms with Crippen LogP contribution in [0.25, 0.3) is 0 Å². The van der Waals surface area contributed by atoms with E-state index in [1.54, 1.807) is 36.4 Å². The zero-order chi connectivity index (χ0) is 22.5. The van der Waals surface area contributed by atoms with Crippen molar-refractivity contribution in [1.82, 2.24) is 0 Å². The summed E-state index contributed by atoms with van der Waals surface area (Å²) in [7, 11) is 3.02. The van der Waals surface area contributed by atoms with Crippen molar-refractivity contribution in [3.05, 3.63) is 47.0 Å². The van der Waals surface area contributed by atoms with Gasteiger partial charge in [-0.15, -0.1) is 0 Å². The van der Waals surface area contributed by atoms with Gasteiger partial charge in [0.15, 0.2) is 6.61 Å². The number of ether oxygens (including phenoxy) is 3. The van der Waals surface area contributed by atoms with Crippen LogP contribution in [0.15, 0.2) is 36.4 Å². The highest BCUT2D eigenvalue weighted by Gasteiger charge is 2.37. The van der Waals surface area contributed by atoms with Gasteiger partial charge in [0.25, 0.3) is 5.91 Å². The van der Waals surface area contributed by atoms with Crippen molar-refractivity contribution >= 4 is 40.8 Å². The molecule has 8 nitrogen and oxygen atoms in total. The van der Waals surface area contributed by atoms with E-state index in [1.807, 2.05) is 6.92 Å². The highest BCUT2D eigenvalue weighted by atomic mass is 35.5. The van der Waals surface area contributed by atoms with Gasteiger partial charge in [-0.1, -0.05) is 17.7 Å². The number of aryl methyl sites for hydroxylation is 1. The Kier molecular flexibility index (Phi) is 7.02. The van der Waals surface area contributed by atoms with E-state index in [-0.39, 0.29) is 18.9 Å². The molecule has 1 atom stereocenters. The van der Waals surface area contributed by atoms with Crippen LogP contribution in [0.2, 0.25) is 5.02 Å². The minimum absolute atomic E-state index is 0.0107. The second-order valence-electron chi connectivity index (χ2n) is 7.06. The number of amides is 2. The van der Waals surface area contributed by atoms with Gasteiger partial charge in [-0.2, -0.15) is 0 Å². The van der Waals surface area contributed by atoms with E-state index in [2.05, 4.69) is 5.32 Å². The van der Waals surface area contributed by atoms with E-state index in [1.165, 1.54) is 19.1 Å². The Morgan fingerprint density at radius 1 is 1.16 bits per heavy atom. The normalized spacial score (nSPS) is 15.5. The van der Waals surface area contributed by atoms with Crippen molar-refractivity contribution in [2.45, 2.75) is 13.3 Å². The molecule has 164 valence electrons. The van der Waals surface area contributed by atoms with Crippen LogP contribution in [0, 0.1) is 12.8 Å². The second-order valence-corrected chi connectivity index (χ2v) is 7.47. The molecule has 1 saturated heterocycles. The maximum absolute atomic E-state index is 12.5. The standard InChI is InChI=1S/C22H23ClN2O6/c1-13-4-5-15(9-17(13)23)24-20(26)12-31-22(28)14-8-21(27)25(11-14)18-7-6-16(29-2)10-19(18)30-3/h4-7,9-10,14H,8,11-12H2,1-3H3,(H,24,26)/t14-/m1/s1. The zero-order valence-corrected chi connectivity index (χ0v) is 18.2. The predicted octanol–water partition coefficient (Wildman–Crippen LogP) is 3.20. The summed E-state index contributed by atoms with van der Waals surface area (Å²) in [6.45, 7) is 1.53. The summed E-state index contributed by atoms with van der Waals surface area (Å²) in [5.41, 5.74) is 1.93. The fourth-order valence-corrected chi connectivity index (χ4v) is 3.41. The third-order valence-electron chi connectivity index (χ3n) is 4.94. The van der Waals surface area contributed by atoms with Crippen LogP contribution >= 0.6 is 11.6 Å². The Labute approximate surface area is 185 Å². The average molecular weight is 447 g/mol. The Morgan fingerprint density at radius 2 is 1.94 bits per heavy atom. The van der Waals surface area contributed by atoms with Crippen molar-refractivity contribution in [1.29, 1.82) is 0 Å². The van der Waals surface area contributed by atoms with Crippen molar-refractivity contribution in [3.63, 3.8) is 0 Å². The average Bonchev–Trinajstić information content (AvgIpc) is 3.15. The van der Waals surface area contributed by atoms with Crippen LogP contribution in [0.5, 0.6) is 11.5 Å². The van der Waals surface area contributed by atoms with E-state index in [0.717, 1.165) is 5.56 Å². The van der Waals surface area contributed by atoms with Crippen LogP contribution in [0.1, 0.15) is 12.0 Å². The van der Waals surface area contributed by atoms with Gasteiger partial charge < -0.3 is 24.4 Å². The number of hydrogen-bond donors (Lipinski definition) is 1. The minimum atomic E-state index is -0.680. The molecule has 0 unspecified atom stereocenters. The lowest BCUT2D eigenvalue weighted by molar-refractivity contribution is -0.151. The first-order valence-electron chi connectivity index (χ1n) is 9.57. The molecule has 0 radical (unpaired) electrons. The van der Waals surface area contributed by atoms with Crippen molar-refractivity contribution in [2.75, 3.05) is 37.6 Å². The Hall–Kier alpha value is -3.26. The quantitative estimate of drug-likeness (QED) is 0.656. The van der Waals surface area contributed by atoms with Gasteiger partial charge >= 0.3 is 5.97 Å². The fourth-order valence-electron chi connectivity index (χ4n) is 3.23. The molecule has 0 spiro atoms.